The second kappa shape index (κ2) is 9.09. The third-order valence-electron chi connectivity index (χ3n) is 1.90. The predicted octanol–water partition coefficient (Wildman–Crippen LogP) is 0.587. The molecule has 0 radical (unpaired) electrons. The summed E-state index contributed by atoms with van der Waals surface area (Å²) >= 11 is 0. The normalized spacial score (nSPS) is 10.1. The molecule has 0 fully saturated rings. The number of ketones is 2. The number of rotatable bonds is 8. The number of carbonyl (C=O) groups is 4. The van der Waals surface area contributed by atoms with E-state index >= 15 is 0 Å². The molecule has 0 bridgehead atoms. The quantitative estimate of drug-likeness (QED) is 0.466. The maximum absolute atomic E-state index is 11.0. The molecule has 0 heterocycles. The van der Waals surface area contributed by atoms with Crippen LogP contribution in [0.2, 0.25) is 0 Å². The highest BCUT2D eigenvalue weighted by molar-refractivity contribution is 5.93. The van der Waals surface area contributed by atoms with Crippen LogP contribution in [0.4, 0.5) is 0 Å². The molecule has 0 atom stereocenters. The molecule has 0 saturated heterocycles. The summed E-state index contributed by atoms with van der Waals surface area (Å²) < 4.78 is 9.08. The molecule has 0 aromatic carbocycles. The zero-order valence-corrected chi connectivity index (χ0v) is 10.4. The summed E-state index contributed by atoms with van der Waals surface area (Å²) in [6, 6.07) is 0. The molecule has 0 aromatic rings. The zero-order valence-electron chi connectivity index (χ0n) is 10.4. The molecule has 0 aliphatic rings. The minimum atomic E-state index is -0.810. The van der Waals surface area contributed by atoms with Gasteiger partial charge >= 0.3 is 11.9 Å². The highest BCUT2D eigenvalue weighted by atomic mass is 16.5. The SMILES string of the molecule is CCC(=O)COC(=O)/C=C\C(=O)OCC(=O)CC. The maximum atomic E-state index is 11.0. The molecular weight excluding hydrogens is 240 g/mol. The van der Waals surface area contributed by atoms with E-state index in [0.29, 0.717) is 0 Å². The minimum absolute atomic E-state index is 0.215. The van der Waals surface area contributed by atoms with E-state index in [4.69, 9.17) is 0 Å². The monoisotopic (exact) mass is 256 g/mol. The Morgan fingerprint density at radius 3 is 1.39 bits per heavy atom. The van der Waals surface area contributed by atoms with Crippen LogP contribution in [0, 0.1) is 0 Å². The van der Waals surface area contributed by atoms with Crippen LogP contribution in [0.5, 0.6) is 0 Å². The van der Waals surface area contributed by atoms with Gasteiger partial charge in [-0.3, -0.25) is 9.59 Å². The first-order valence-corrected chi connectivity index (χ1v) is 5.54. The lowest BCUT2D eigenvalue weighted by Gasteiger charge is -2.00. The van der Waals surface area contributed by atoms with Crippen molar-refractivity contribution < 1.29 is 28.7 Å². The number of ether oxygens (including phenoxy) is 2. The zero-order chi connectivity index (χ0) is 14.0. The van der Waals surface area contributed by atoms with Gasteiger partial charge in [0, 0.05) is 25.0 Å². The van der Waals surface area contributed by atoms with Gasteiger partial charge in [-0.1, -0.05) is 13.8 Å². The lowest BCUT2D eigenvalue weighted by Crippen LogP contribution is -2.13. The third-order valence-corrected chi connectivity index (χ3v) is 1.90. The molecule has 6 heteroatoms. The molecule has 18 heavy (non-hydrogen) atoms. The van der Waals surface area contributed by atoms with E-state index in [1.807, 2.05) is 0 Å². The smallest absolute Gasteiger partial charge is 0.331 e. The Morgan fingerprint density at radius 2 is 1.11 bits per heavy atom. The summed E-state index contributed by atoms with van der Waals surface area (Å²) in [6.45, 7) is 2.66. The van der Waals surface area contributed by atoms with Gasteiger partial charge < -0.3 is 9.47 Å². The highest BCUT2D eigenvalue weighted by Crippen LogP contribution is 1.89. The lowest BCUT2D eigenvalue weighted by atomic mass is 10.3. The van der Waals surface area contributed by atoms with E-state index in [-0.39, 0.29) is 37.6 Å². The summed E-state index contributed by atoms with van der Waals surface area (Å²) in [5.74, 6) is -2.05. The van der Waals surface area contributed by atoms with E-state index in [0.717, 1.165) is 12.2 Å². The van der Waals surface area contributed by atoms with Gasteiger partial charge in [-0.15, -0.1) is 0 Å². The first-order valence-electron chi connectivity index (χ1n) is 5.54. The molecule has 0 unspecified atom stereocenters. The van der Waals surface area contributed by atoms with Gasteiger partial charge in [-0.05, 0) is 0 Å². The molecule has 0 amide bonds. The molecule has 0 N–H and O–H groups in total. The van der Waals surface area contributed by atoms with Crippen molar-refractivity contribution >= 4 is 23.5 Å². The first-order chi connectivity index (χ1) is 8.49. The molecule has 0 spiro atoms. The van der Waals surface area contributed by atoms with Crippen molar-refractivity contribution in [3.8, 4) is 0 Å². The Morgan fingerprint density at radius 1 is 0.778 bits per heavy atom. The fourth-order valence-electron chi connectivity index (χ4n) is 0.740. The molecule has 0 aromatic heterocycles. The Bertz CT molecular complexity index is 322. The highest BCUT2D eigenvalue weighted by Gasteiger charge is 2.05. The van der Waals surface area contributed by atoms with E-state index < -0.39 is 11.9 Å². The van der Waals surface area contributed by atoms with Gasteiger partial charge in [0.05, 0.1) is 0 Å². The second-order valence-electron chi connectivity index (χ2n) is 3.33. The van der Waals surface area contributed by atoms with Crippen molar-refractivity contribution in [2.24, 2.45) is 0 Å². The molecule has 0 saturated carbocycles. The summed E-state index contributed by atoms with van der Waals surface area (Å²) in [5.41, 5.74) is 0. The number of hydrogen-bond acceptors (Lipinski definition) is 6. The molecule has 6 nitrogen and oxygen atoms in total. The molecule has 0 aliphatic heterocycles. The van der Waals surface area contributed by atoms with Crippen LogP contribution in [0.25, 0.3) is 0 Å². The summed E-state index contributed by atoms with van der Waals surface area (Å²) in [4.78, 5) is 43.7. The van der Waals surface area contributed by atoms with Crippen LogP contribution in [0.15, 0.2) is 12.2 Å². The predicted molar refractivity (Wildman–Crippen MR) is 61.7 cm³/mol. The van der Waals surface area contributed by atoms with Crippen molar-refractivity contribution in [2.45, 2.75) is 26.7 Å². The fraction of sp³-hybridized carbons (Fsp3) is 0.500. The number of Topliss-reactive ketones (excluding diaryl/α,β-unsaturated/α-hetero) is 2. The van der Waals surface area contributed by atoms with Crippen molar-refractivity contribution in [1.82, 2.24) is 0 Å². The number of esters is 2. The van der Waals surface area contributed by atoms with Crippen LogP contribution < -0.4 is 0 Å². The molecule has 0 rings (SSSR count). The topological polar surface area (TPSA) is 86.7 Å². The van der Waals surface area contributed by atoms with E-state index in [1.54, 1.807) is 13.8 Å². The van der Waals surface area contributed by atoms with Crippen molar-refractivity contribution in [3.05, 3.63) is 12.2 Å². The lowest BCUT2D eigenvalue weighted by molar-refractivity contribution is -0.144. The number of carbonyl (C=O) groups excluding carboxylic acids is 4. The largest absolute Gasteiger partial charge is 0.455 e. The average Bonchev–Trinajstić information content (AvgIpc) is 2.39. The standard InChI is InChI=1S/C12H16O6/c1-3-9(13)7-17-11(15)5-6-12(16)18-8-10(14)4-2/h5-6H,3-4,7-8H2,1-2H3/b6-5-. The van der Waals surface area contributed by atoms with Gasteiger partial charge in [0.1, 0.15) is 13.2 Å². The van der Waals surface area contributed by atoms with Gasteiger partial charge in [0.2, 0.25) is 0 Å². The van der Waals surface area contributed by atoms with Gasteiger partial charge in [-0.2, -0.15) is 0 Å². The van der Waals surface area contributed by atoms with E-state index in [9.17, 15) is 19.2 Å². The molecule has 100 valence electrons. The van der Waals surface area contributed by atoms with Crippen molar-refractivity contribution in [1.29, 1.82) is 0 Å². The Kier molecular flexibility index (Phi) is 8.09. The molecular formula is C12H16O6. The van der Waals surface area contributed by atoms with Gasteiger partial charge in [-0.25, -0.2) is 9.59 Å². The van der Waals surface area contributed by atoms with Gasteiger partial charge in [0.25, 0.3) is 0 Å². The van der Waals surface area contributed by atoms with Crippen molar-refractivity contribution in [2.75, 3.05) is 13.2 Å². The minimum Gasteiger partial charge on any atom is -0.455 e. The number of hydrogen-bond donors (Lipinski definition) is 0. The van der Waals surface area contributed by atoms with Crippen LogP contribution >= 0.6 is 0 Å². The summed E-state index contributed by atoms with van der Waals surface area (Å²) in [7, 11) is 0. The Labute approximate surface area is 105 Å². The average molecular weight is 256 g/mol. The maximum Gasteiger partial charge on any atom is 0.331 e. The van der Waals surface area contributed by atoms with E-state index in [2.05, 4.69) is 9.47 Å². The van der Waals surface area contributed by atoms with E-state index in [1.165, 1.54) is 0 Å². The van der Waals surface area contributed by atoms with Crippen molar-refractivity contribution in [3.63, 3.8) is 0 Å². The second-order valence-corrected chi connectivity index (χ2v) is 3.33. The fourth-order valence-corrected chi connectivity index (χ4v) is 0.740. The molecule has 0 aliphatic carbocycles. The van der Waals surface area contributed by atoms with Crippen LogP contribution in [-0.4, -0.2) is 36.7 Å². The van der Waals surface area contributed by atoms with Gasteiger partial charge in [0.15, 0.2) is 11.6 Å². The summed E-state index contributed by atoms with van der Waals surface area (Å²) in [5, 5.41) is 0. The van der Waals surface area contributed by atoms with Crippen LogP contribution in [-0.2, 0) is 28.7 Å². The Balaban J connectivity index is 3.92. The Hall–Kier alpha value is -1.98. The third kappa shape index (κ3) is 8.20. The first kappa shape index (κ1) is 16.0. The van der Waals surface area contributed by atoms with Crippen LogP contribution in [0.3, 0.4) is 0 Å². The summed E-state index contributed by atoms with van der Waals surface area (Å²) in [6.07, 6.45) is 2.25. The van der Waals surface area contributed by atoms with Crippen LogP contribution in [0.1, 0.15) is 26.7 Å².